The van der Waals surface area contributed by atoms with Crippen LogP contribution in [-0.4, -0.2) is 62.4 Å². The summed E-state index contributed by atoms with van der Waals surface area (Å²) in [6, 6.07) is 12.2. The Kier molecular flexibility index (Phi) is 8.12. The molecule has 228 valence electrons. The summed E-state index contributed by atoms with van der Waals surface area (Å²) in [5.74, 6) is -1.13. The smallest absolute Gasteiger partial charge is 0.254 e. The Bertz CT molecular complexity index is 1620. The summed E-state index contributed by atoms with van der Waals surface area (Å²) in [7, 11) is -2.43. The van der Waals surface area contributed by atoms with Gasteiger partial charge in [0.25, 0.3) is 5.91 Å². The predicted octanol–water partition coefficient (Wildman–Crippen LogP) is 5.32. The van der Waals surface area contributed by atoms with E-state index in [1.807, 2.05) is 17.0 Å². The van der Waals surface area contributed by atoms with E-state index in [-0.39, 0.29) is 22.8 Å². The number of hydrogen-bond acceptors (Lipinski definition) is 6. The average Bonchev–Trinajstić information content (AvgIpc) is 3.45. The number of aromatic nitrogens is 1. The molecular formula is C32H36F2N4O4S. The van der Waals surface area contributed by atoms with E-state index < -0.39 is 26.9 Å². The number of nitrogens with one attached hydrogen (secondary N) is 1. The lowest BCUT2D eigenvalue weighted by molar-refractivity contribution is 0.0626. The molecule has 3 aromatic rings. The molecule has 1 spiro atoms. The molecule has 1 saturated heterocycles. The van der Waals surface area contributed by atoms with Gasteiger partial charge in [0.1, 0.15) is 22.6 Å². The van der Waals surface area contributed by atoms with E-state index in [2.05, 4.69) is 9.71 Å². The molecule has 1 aromatic heterocycles. The highest BCUT2D eigenvalue weighted by atomic mass is 32.2. The van der Waals surface area contributed by atoms with Crippen molar-refractivity contribution in [1.82, 2.24) is 14.8 Å². The number of fused-ring (bicyclic) bond motifs is 1. The summed E-state index contributed by atoms with van der Waals surface area (Å²) < 4.78 is 63.4. The molecular weight excluding hydrogens is 574 g/mol. The van der Waals surface area contributed by atoms with Crippen LogP contribution in [0.25, 0.3) is 0 Å². The van der Waals surface area contributed by atoms with Crippen LogP contribution < -0.4 is 9.46 Å². The van der Waals surface area contributed by atoms with Gasteiger partial charge in [0, 0.05) is 56.1 Å². The van der Waals surface area contributed by atoms with Gasteiger partial charge in [-0.15, -0.1) is 0 Å². The molecule has 2 aliphatic carbocycles. The highest BCUT2D eigenvalue weighted by molar-refractivity contribution is 7.93. The van der Waals surface area contributed by atoms with Crippen LogP contribution in [0.4, 0.5) is 14.5 Å². The number of sulfonamides is 1. The van der Waals surface area contributed by atoms with Gasteiger partial charge in [0.05, 0.1) is 18.5 Å². The lowest BCUT2D eigenvalue weighted by atomic mass is 9.71. The van der Waals surface area contributed by atoms with Crippen molar-refractivity contribution in [2.75, 3.05) is 38.0 Å². The topological polar surface area (TPSA) is 91.8 Å². The fourth-order valence-electron chi connectivity index (χ4n) is 6.93. The molecule has 1 atom stereocenters. The van der Waals surface area contributed by atoms with Crippen molar-refractivity contribution < 1.29 is 26.7 Å². The maximum atomic E-state index is 14.1. The Hall–Kier alpha value is -3.57. The number of hydrogen-bond donors (Lipinski definition) is 1. The molecule has 43 heavy (non-hydrogen) atoms. The first-order chi connectivity index (χ1) is 20.7. The van der Waals surface area contributed by atoms with Gasteiger partial charge in [-0.2, -0.15) is 0 Å². The molecule has 1 saturated carbocycles. The second-order valence-corrected chi connectivity index (χ2v) is 13.9. The van der Waals surface area contributed by atoms with Crippen molar-refractivity contribution in [1.29, 1.82) is 0 Å². The molecule has 11 heteroatoms. The number of benzene rings is 2. The monoisotopic (exact) mass is 610 g/mol. The number of methoxy groups -OCH3 is 1. The third-order valence-corrected chi connectivity index (χ3v) is 10.9. The van der Waals surface area contributed by atoms with Crippen LogP contribution in [0.2, 0.25) is 0 Å². The minimum atomic E-state index is -3.88. The number of ether oxygens (including phenoxy) is 1. The number of rotatable bonds is 7. The molecule has 2 fully saturated rings. The largest absolute Gasteiger partial charge is 0.495 e. The second kappa shape index (κ2) is 11.8. The number of pyridine rings is 1. The Morgan fingerprint density at radius 3 is 2.56 bits per heavy atom. The number of piperazine rings is 1. The number of nitrogens with zero attached hydrogens (tertiary/aromatic N) is 3. The minimum Gasteiger partial charge on any atom is -0.495 e. The number of amides is 1. The summed E-state index contributed by atoms with van der Waals surface area (Å²) in [4.78, 5) is 21.6. The summed E-state index contributed by atoms with van der Waals surface area (Å²) in [6.07, 6.45) is 7.30. The van der Waals surface area contributed by atoms with Gasteiger partial charge in [0.2, 0.25) is 10.0 Å². The van der Waals surface area contributed by atoms with Crippen LogP contribution in [0.1, 0.15) is 64.5 Å². The van der Waals surface area contributed by atoms with Gasteiger partial charge in [-0.05, 0) is 67.0 Å². The SMILES string of the molecule is COc1cc(C(=O)N2CCN(Cc3ccc(F)cc3F)CC2)ccc1NS(=O)(=O)C1CC2(CCCC2)Cc2cccnc21. The third-order valence-electron chi connectivity index (χ3n) is 9.22. The number of carbonyl (C=O) groups excluding carboxylic acids is 1. The van der Waals surface area contributed by atoms with E-state index in [0.29, 0.717) is 56.0 Å². The van der Waals surface area contributed by atoms with Gasteiger partial charge in [0.15, 0.2) is 0 Å². The number of carbonyl (C=O) groups is 1. The van der Waals surface area contributed by atoms with E-state index in [9.17, 15) is 22.0 Å². The molecule has 1 N–H and O–H groups in total. The van der Waals surface area contributed by atoms with Gasteiger partial charge in [-0.3, -0.25) is 19.4 Å². The summed E-state index contributed by atoms with van der Waals surface area (Å²) in [6.45, 7) is 2.28. The Morgan fingerprint density at radius 2 is 1.84 bits per heavy atom. The maximum absolute atomic E-state index is 14.1. The molecule has 8 nitrogen and oxygen atoms in total. The summed E-state index contributed by atoms with van der Waals surface area (Å²) in [5.41, 5.74) is 2.66. The van der Waals surface area contributed by atoms with Crippen molar-refractivity contribution in [2.24, 2.45) is 5.41 Å². The Balaban J connectivity index is 1.14. The van der Waals surface area contributed by atoms with Crippen LogP contribution >= 0.6 is 0 Å². The van der Waals surface area contributed by atoms with E-state index in [0.717, 1.165) is 43.7 Å². The third kappa shape index (κ3) is 6.10. The zero-order chi connectivity index (χ0) is 30.2. The van der Waals surface area contributed by atoms with Gasteiger partial charge < -0.3 is 9.64 Å². The molecule has 1 aliphatic heterocycles. The van der Waals surface area contributed by atoms with Gasteiger partial charge >= 0.3 is 0 Å². The fourth-order valence-corrected chi connectivity index (χ4v) is 8.63. The van der Waals surface area contributed by atoms with E-state index in [4.69, 9.17) is 4.74 Å². The normalized spacial score (nSPS) is 20.2. The first kappa shape index (κ1) is 29.5. The lowest BCUT2D eigenvalue weighted by Gasteiger charge is -2.38. The zero-order valence-electron chi connectivity index (χ0n) is 24.2. The molecule has 6 rings (SSSR count). The molecule has 0 radical (unpaired) electrons. The highest BCUT2D eigenvalue weighted by Gasteiger charge is 2.46. The van der Waals surface area contributed by atoms with Crippen LogP contribution in [0, 0.1) is 17.0 Å². The van der Waals surface area contributed by atoms with Crippen molar-refractivity contribution in [3.8, 4) is 5.75 Å². The van der Waals surface area contributed by atoms with Crippen molar-refractivity contribution in [3.05, 3.63) is 88.7 Å². The first-order valence-corrected chi connectivity index (χ1v) is 16.3. The molecule has 0 bridgehead atoms. The molecule has 2 aromatic carbocycles. The van der Waals surface area contributed by atoms with Crippen LogP contribution in [-0.2, 0) is 23.0 Å². The van der Waals surface area contributed by atoms with Crippen molar-refractivity contribution in [3.63, 3.8) is 0 Å². The summed E-state index contributed by atoms with van der Waals surface area (Å²) >= 11 is 0. The van der Waals surface area contributed by atoms with Gasteiger partial charge in [-0.1, -0.05) is 25.0 Å². The minimum absolute atomic E-state index is 0.0208. The summed E-state index contributed by atoms with van der Waals surface area (Å²) in [5, 5.41) is -0.777. The first-order valence-electron chi connectivity index (χ1n) is 14.8. The average molecular weight is 611 g/mol. The second-order valence-electron chi connectivity index (χ2n) is 12.0. The zero-order valence-corrected chi connectivity index (χ0v) is 25.0. The van der Waals surface area contributed by atoms with Crippen molar-refractivity contribution in [2.45, 2.75) is 50.3 Å². The fraction of sp³-hybridized carbons (Fsp3) is 0.438. The van der Waals surface area contributed by atoms with E-state index in [1.165, 1.54) is 19.2 Å². The lowest BCUT2D eigenvalue weighted by Crippen LogP contribution is -2.48. The van der Waals surface area contributed by atoms with E-state index >= 15 is 0 Å². The van der Waals surface area contributed by atoms with Gasteiger partial charge in [-0.25, -0.2) is 17.2 Å². The molecule has 3 aliphatic rings. The van der Waals surface area contributed by atoms with E-state index in [1.54, 1.807) is 29.3 Å². The predicted molar refractivity (Wildman–Crippen MR) is 159 cm³/mol. The standard InChI is InChI=1S/C32H36F2N4O4S/c1-42-28-17-22(31(39)38-15-13-37(14-16-38)21-24-6-8-25(33)18-26(24)34)7-9-27(28)36-43(40,41)29-20-32(10-2-3-11-32)19-23-5-4-12-35-30(23)29/h4-9,12,17-18,29,36H,2-3,10-11,13-16,19-21H2,1H3. The quantitative estimate of drug-likeness (QED) is 0.390. The number of anilines is 1. The van der Waals surface area contributed by atoms with Crippen LogP contribution in [0.3, 0.4) is 0 Å². The van der Waals surface area contributed by atoms with Crippen LogP contribution in [0.15, 0.2) is 54.7 Å². The number of halogens is 2. The Morgan fingerprint density at radius 1 is 1.07 bits per heavy atom. The highest BCUT2D eigenvalue weighted by Crippen LogP contribution is 2.53. The molecule has 1 unspecified atom stereocenters. The van der Waals surface area contributed by atoms with Crippen LogP contribution in [0.5, 0.6) is 5.75 Å². The Labute approximate surface area is 251 Å². The molecule has 1 amide bonds. The molecule has 2 heterocycles. The van der Waals surface area contributed by atoms with Crippen molar-refractivity contribution >= 4 is 21.6 Å². The maximum Gasteiger partial charge on any atom is 0.254 e.